The maximum absolute atomic E-state index is 6.25. The number of hydrogen-bond acceptors (Lipinski definition) is 1. The van der Waals surface area contributed by atoms with Crippen molar-refractivity contribution in [1.29, 1.82) is 0 Å². The van der Waals surface area contributed by atoms with E-state index in [2.05, 4.69) is 55.5 Å². The number of thioether (sulfide) groups is 1. The van der Waals surface area contributed by atoms with E-state index in [-0.39, 0.29) is 0 Å². The Morgan fingerprint density at radius 2 is 1.90 bits per heavy atom. The zero-order valence-electron chi connectivity index (χ0n) is 12.4. The van der Waals surface area contributed by atoms with E-state index in [0.29, 0.717) is 11.8 Å². The zero-order chi connectivity index (χ0) is 14.7. The number of benzene rings is 2. The summed E-state index contributed by atoms with van der Waals surface area (Å²) in [7, 11) is 0. The van der Waals surface area contributed by atoms with Gasteiger partial charge in [-0.05, 0) is 48.8 Å². The molecule has 0 nitrogen and oxygen atoms in total. The third kappa shape index (κ3) is 3.64. The summed E-state index contributed by atoms with van der Waals surface area (Å²) in [5.41, 5.74) is 4.26. The summed E-state index contributed by atoms with van der Waals surface area (Å²) < 4.78 is 0. The average molecular weight is 317 g/mol. The van der Waals surface area contributed by atoms with Crippen LogP contribution < -0.4 is 0 Å². The highest BCUT2D eigenvalue weighted by atomic mass is 35.5. The van der Waals surface area contributed by atoms with Gasteiger partial charge < -0.3 is 0 Å². The van der Waals surface area contributed by atoms with Gasteiger partial charge in [0.15, 0.2) is 0 Å². The molecule has 2 heteroatoms. The van der Waals surface area contributed by atoms with Gasteiger partial charge in [-0.3, -0.25) is 0 Å². The molecule has 0 fully saturated rings. The lowest BCUT2D eigenvalue weighted by Gasteiger charge is -2.19. The lowest BCUT2D eigenvalue weighted by Crippen LogP contribution is -2.12. The molecule has 1 aliphatic rings. The fraction of sp³-hybridized carbons (Fsp3) is 0.368. The molecule has 2 aromatic carbocycles. The van der Waals surface area contributed by atoms with Gasteiger partial charge in [-0.15, -0.1) is 23.4 Å². The summed E-state index contributed by atoms with van der Waals surface area (Å²) in [6.07, 6.45) is 2.29. The largest absolute Gasteiger partial charge is 0.126 e. The van der Waals surface area contributed by atoms with Crippen molar-refractivity contribution in [3.63, 3.8) is 0 Å². The predicted octanol–water partition coefficient (Wildman–Crippen LogP) is 5.67. The van der Waals surface area contributed by atoms with Crippen LogP contribution in [-0.2, 0) is 6.42 Å². The monoisotopic (exact) mass is 316 g/mol. The second kappa shape index (κ2) is 6.89. The highest BCUT2D eigenvalue weighted by Gasteiger charge is 2.25. The Balaban J connectivity index is 1.67. The third-order valence-corrected chi connectivity index (χ3v) is 5.97. The van der Waals surface area contributed by atoms with Gasteiger partial charge in [-0.25, -0.2) is 0 Å². The van der Waals surface area contributed by atoms with Crippen molar-refractivity contribution in [1.82, 2.24) is 0 Å². The minimum absolute atomic E-state index is 0.561. The third-order valence-electron chi connectivity index (χ3n) is 4.28. The van der Waals surface area contributed by atoms with E-state index in [1.165, 1.54) is 33.8 Å². The van der Waals surface area contributed by atoms with Crippen molar-refractivity contribution in [3.8, 4) is 0 Å². The molecule has 0 aromatic heterocycles. The Bertz CT molecular complexity index is 591. The average Bonchev–Trinajstić information content (AvgIpc) is 2.92. The van der Waals surface area contributed by atoms with E-state index in [9.17, 15) is 0 Å². The molecule has 0 N–H and O–H groups in total. The van der Waals surface area contributed by atoms with Gasteiger partial charge in [0, 0.05) is 16.5 Å². The van der Waals surface area contributed by atoms with E-state index in [0.717, 1.165) is 12.3 Å². The van der Waals surface area contributed by atoms with E-state index in [1.54, 1.807) is 0 Å². The Kier molecular flexibility index (Phi) is 4.92. The minimum Gasteiger partial charge on any atom is -0.126 e. The Hall–Kier alpha value is -0.920. The number of fused-ring (bicyclic) bond motifs is 1. The molecule has 0 amide bonds. The standard InChI is InChI=1S/C19H21ClS/c1-14-6-8-15(9-7-14)10-16(12-20)11-17-13-21-19-5-3-2-4-18(17)19/h2-9,16-17H,10-13H2,1H3. The molecule has 110 valence electrons. The van der Waals surface area contributed by atoms with Crippen molar-refractivity contribution >= 4 is 23.4 Å². The molecule has 0 spiro atoms. The second-order valence-electron chi connectivity index (χ2n) is 5.99. The van der Waals surface area contributed by atoms with Gasteiger partial charge in [-0.1, -0.05) is 48.0 Å². The molecule has 0 saturated carbocycles. The van der Waals surface area contributed by atoms with Crippen molar-refractivity contribution in [2.45, 2.75) is 30.6 Å². The number of hydrogen-bond donors (Lipinski definition) is 0. The molecule has 0 aliphatic carbocycles. The van der Waals surface area contributed by atoms with Crippen molar-refractivity contribution in [2.24, 2.45) is 5.92 Å². The van der Waals surface area contributed by atoms with Crippen LogP contribution in [0.1, 0.15) is 29.0 Å². The van der Waals surface area contributed by atoms with Gasteiger partial charge in [0.1, 0.15) is 0 Å². The molecule has 2 atom stereocenters. The lowest BCUT2D eigenvalue weighted by molar-refractivity contribution is 0.491. The van der Waals surface area contributed by atoms with Gasteiger partial charge in [0.2, 0.25) is 0 Å². The molecular formula is C19H21ClS. The maximum Gasteiger partial charge on any atom is 0.0255 e. The van der Waals surface area contributed by atoms with E-state index in [4.69, 9.17) is 11.6 Å². The molecule has 0 radical (unpaired) electrons. The highest BCUT2D eigenvalue weighted by Crippen LogP contribution is 2.42. The summed E-state index contributed by atoms with van der Waals surface area (Å²) in [4.78, 5) is 1.46. The van der Waals surface area contributed by atoms with E-state index >= 15 is 0 Å². The van der Waals surface area contributed by atoms with Gasteiger partial charge in [-0.2, -0.15) is 0 Å². The topological polar surface area (TPSA) is 0 Å². The van der Waals surface area contributed by atoms with E-state index in [1.807, 2.05) is 11.8 Å². The molecule has 1 heterocycles. The molecule has 0 bridgehead atoms. The van der Waals surface area contributed by atoms with Crippen LogP contribution in [0.5, 0.6) is 0 Å². The summed E-state index contributed by atoms with van der Waals surface area (Å²) in [5, 5.41) is 0. The van der Waals surface area contributed by atoms with Crippen molar-refractivity contribution in [2.75, 3.05) is 11.6 Å². The fourth-order valence-electron chi connectivity index (χ4n) is 3.09. The number of alkyl halides is 1. The summed E-state index contributed by atoms with van der Waals surface area (Å²) in [6, 6.07) is 17.7. The van der Waals surface area contributed by atoms with Crippen LogP contribution in [-0.4, -0.2) is 11.6 Å². The normalized spacial score (nSPS) is 18.5. The lowest BCUT2D eigenvalue weighted by atomic mass is 9.87. The van der Waals surface area contributed by atoms with Crippen molar-refractivity contribution < 1.29 is 0 Å². The van der Waals surface area contributed by atoms with Crippen LogP contribution in [0.2, 0.25) is 0 Å². The SMILES string of the molecule is Cc1ccc(CC(CCl)CC2CSc3ccccc32)cc1. The molecule has 1 aliphatic heterocycles. The van der Waals surface area contributed by atoms with Gasteiger partial charge >= 0.3 is 0 Å². The predicted molar refractivity (Wildman–Crippen MR) is 93.6 cm³/mol. The highest BCUT2D eigenvalue weighted by molar-refractivity contribution is 7.99. The number of aryl methyl sites for hydroxylation is 1. The summed E-state index contributed by atoms with van der Waals surface area (Å²) >= 11 is 8.24. The van der Waals surface area contributed by atoms with Gasteiger partial charge in [0.05, 0.1) is 0 Å². The Morgan fingerprint density at radius 3 is 2.67 bits per heavy atom. The van der Waals surface area contributed by atoms with E-state index < -0.39 is 0 Å². The molecule has 0 saturated heterocycles. The first kappa shape index (κ1) is 15.0. The molecule has 2 unspecified atom stereocenters. The first-order valence-corrected chi connectivity index (χ1v) is 9.11. The molecular weight excluding hydrogens is 296 g/mol. The Labute approximate surface area is 136 Å². The molecule has 21 heavy (non-hydrogen) atoms. The van der Waals surface area contributed by atoms with Crippen LogP contribution >= 0.6 is 23.4 Å². The minimum atomic E-state index is 0.561. The molecule has 3 rings (SSSR count). The van der Waals surface area contributed by atoms with Crippen LogP contribution in [0.25, 0.3) is 0 Å². The number of halogens is 1. The quantitative estimate of drug-likeness (QED) is 0.640. The van der Waals surface area contributed by atoms with Crippen LogP contribution in [0.15, 0.2) is 53.4 Å². The van der Waals surface area contributed by atoms with Crippen LogP contribution in [0, 0.1) is 12.8 Å². The first-order chi connectivity index (χ1) is 10.3. The van der Waals surface area contributed by atoms with Crippen molar-refractivity contribution in [3.05, 3.63) is 65.2 Å². The summed E-state index contributed by atoms with van der Waals surface area (Å²) in [5.74, 6) is 3.18. The smallest absolute Gasteiger partial charge is 0.0255 e. The van der Waals surface area contributed by atoms with Crippen LogP contribution in [0.4, 0.5) is 0 Å². The van der Waals surface area contributed by atoms with Crippen LogP contribution in [0.3, 0.4) is 0 Å². The summed E-state index contributed by atoms with van der Waals surface area (Å²) in [6.45, 7) is 2.13. The maximum atomic E-state index is 6.25. The second-order valence-corrected chi connectivity index (χ2v) is 7.36. The zero-order valence-corrected chi connectivity index (χ0v) is 14.0. The first-order valence-electron chi connectivity index (χ1n) is 7.59. The van der Waals surface area contributed by atoms with Gasteiger partial charge in [0.25, 0.3) is 0 Å². The molecule has 2 aromatic rings. The number of rotatable bonds is 5. The fourth-order valence-corrected chi connectivity index (χ4v) is 4.59. The Morgan fingerprint density at radius 1 is 1.14 bits per heavy atom.